The second kappa shape index (κ2) is 10.1. The Kier molecular flexibility index (Phi) is 7.17. The van der Waals surface area contributed by atoms with Crippen molar-refractivity contribution in [1.82, 2.24) is 30.1 Å². The van der Waals surface area contributed by atoms with E-state index in [-0.39, 0.29) is 17.1 Å². The molecule has 7 nitrogen and oxygen atoms in total. The molecule has 0 saturated heterocycles. The molecule has 2 heterocycles. The number of aromatic amines is 1. The van der Waals surface area contributed by atoms with Crippen LogP contribution in [0.25, 0.3) is 10.9 Å². The topological polar surface area (TPSA) is 79.7 Å². The highest BCUT2D eigenvalue weighted by molar-refractivity contribution is 5.81. The summed E-state index contributed by atoms with van der Waals surface area (Å²) in [5.41, 5.74) is 4.96. The Morgan fingerprint density at radius 3 is 2.57 bits per heavy atom. The lowest BCUT2D eigenvalue weighted by Crippen LogP contribution is -2.36. The van der Waals surface area contributed by atoms with Gasteiger partial charge in [-0.25, -0.2) is 4.68 Å². The van der Waals surface area contributed by atoms with E-state index in [0.29, 0.717) is 6.54 Å². The van der Waals surface area contributed by atoms with Gasteiger partial charge in [0.15, 0.2) is 5.82 Å². The zero-order chi connectivity index (χ0) is 25.2. The molecular formula is C28H36N6O. The summed E-state index contributed by atoms with van der Waals surface area (Å²) >= 11 is 0. The van der Waals surface area contributed by atoms with E-state index >= 15 is 0 Å². The summed E-state index contributed by atoms with van der Waals surface area (Å²) in [7, 11) is 0. The van der Waals surface area contributed by atoms with Gasteiger partial charge in [-0.15, -0.1) is 5.10 Å². The molecule has 2 aromatic heterocycles. The summed E-state index contributed by atoms with van der Waals surface area (Å²) in [6.45, 7) is 13.9. The van der Waals surface area contributed by atoms with Crippen LogP contribution >= 0.6 is 0 Å². The van der Waals surface area contributed by atoms with E-state index in [1.54, 1.807) is 0 Å². The Balaban J connectivity index is 1.72. The van der Waals surface area contributed by atoms with Crippen molar-refractivity contribution in [1.29, 1.82) is 0 Å². The third kappa shape index (κ3) is 5.51. The van der Waals surface area contributed by atoms with E-state index < -0.39 is 0 Å². The number of nitrogens with zero attached hydrogens (tertiary/aromatic N) is 5. The summed E-state index contributed by atoms with van der Waals surface area (Å²) in [5.74, 6) is 0.831. The summed E-state index contributed by atoms with van der Waals surface area (Å²) in [6.07, 6.45) is 1.70. The van der Waals surface area contributed by atoms with Gasteiger partial charge in [-0.1, -0.05) is 55.0 Å². The van der Waals surface area contributed by atoms with E-state index in [2.05, 4.69) is 90.4 Å². The van der Waals surface area contributed by atoms with E-state index in [0.717, 1.165) is 47.2 Å². The van der Waals surface area contributed by atoms with Crippen LogP contribution in [0.15, 0.2) is 53.3 Å². The fourth-order valence-corrected chi connectivity index (χ4v) is 4.73. The molecule has 0 saturated carbocycles. The molecule has 0 aliphatic carbocycles. The van der Waals surface area contributed by atoms with Crippen LogP contribution < -0.4 is 5.56 Å². The van der Waals surface area contributed by atoms with E-state index in [1.807, 2.05) is 29.8 Å². The molecule has 1 N–H and O–H groups in total. The number of hydrogen-bond acceptors (Lipinski definition) is 5. The Labute approximate surface area is 207 Å². The molecule has 0 unspecified atom stereocenters. The number of fused-ring (bicyclic) bond motifs is 1. The third-order valence-electron chi connectivity index (χ3n) is 6.56. The molecule has 0 fully saturated rings. The van der Waals surface area contributed by atoms with Crippen molar-refractivity contribution in [3.05, 3.63) is 87.0 Å². The summed E-state index contributed by atoms with van der Waals surface area (Å²) in [5, 5.41) is 13.8. The highest BCUT2D eigenvalue weighted by atomic mass is 16.1. The van der Waals surface area contributed by atoms with Crippen LogP contribution in [0.2, 0.25) is 0 Å². The van der Waals surface area contributed by atoms with Crippen LogP contribution in [-0.2, 0) is 18.5 Å². The minimum atomic E-state index is -0.244. The molecular weight excluding hydrogens is 436 g/mol. The smallest absolute Gasteiger partial charge is 0.252 e. The minimum absolute atomic E-state index is 0.0263. The first-order valence-corrected chi connectivity index (χ1v) is 12.4. The Bertz CT molecular complexity index is 1360. The molecule has 0 amide bonds. The molecule has 0 bridgehead atoms. The lowest BCUT2D eigenvalue weighted by molar-refractivity contribution is 0.163. The van der Waals surface area contributed by atoms with Gasteiger partial charge >= 0.3 is 0 Å². The Morgan fingerprint density at radius 1 is 1.09 bits per heavy atom. The van der Waals surface area contributed by atoms with E-state index in [1.165, 1.54) is 11.1 Å². The second-order valence-corrected chi connectivity index (χ2v) is 10.4. The molecule has 0 spiro atoms. The van der Waals surface area contributed by atoms with Crippen molar-refractivity contribution in [2.75, 3.05) is 6.54 Å². The normalized spacial score (nSPS) is 13.0. The van der Waals surface area contributed by atoms with Crippen LogP contribution in [0.3, 0.4) is 0 Å². The van der Waals surface area contributed by atoms with Crippen molar-refractivity contribution >= 4 is 10.9 Å². The molecule has 7 heteroatoms. The molecule has 4 aromatic rings. The van der Waals surface area contributed by atoms with Crippen molar-refractivity contribution in [2.45, 2.75) is 72.5 Å². The standard InChI is InChI=1S/C28H36N6O/c1-7-24(26-30-31-32-34(26)28(4,5)6)33(15-14-21-12-8-10-19(2)16-21)18-23-17-22-13-9-11-20(3)25(22)29-27(23)35/h8-13,16-17,24H,7,14-15,18H2,1-6H3,(H,29,35)/t24-/m1/s1. The number of nitrogens with one attached hydrogen (secondary N) is 1. The number of aryl methyl sites for hydroxylation is 2. The second-order valence-electron chi connectivity index (χ2n) is 10.4. The number of benzene rings is 2. The van der Waals surface area contributed by atoms with Gasteiger partial charge in [-0.2, -0.15) is 0 Å². The van der Waals surface area contributed by atoms with Gasteiger partial charge in [0.2, 0.25) is 0 Å². The van der Waals surface area contributed by atoms with Crippen molar-refractivity contribution in [3.63, 3.8) is 0 Å². The average Bonchev–Trinajstić information content (AvgIpc) is 3.29. The number of aromatic nitrogens is 5. The van der Waals surface area contributed by atoms with Crippen molar-refractivity contribution in [2.24, 2.45) is 0 Å². The van der Waals surface area contributed by atoms with Crippen LogP contribution in [-0.4, -0.2) is 36.6 Å². The van der Waals surface area contributed by atoms with Gasteiger partial charge in [0.05, 0.1) is 17.1 Å². The Hall–Kier alpha value is -3.32. The third-order valence-corrected chi connectivity index (χ3v) is 6.56. The number of hydrogen-bond donors (Lipinski definition) is 1. The summed E-state index contributed by atoms with van der Waals surface area (Å²) in [4.78, 5) is 18.6. The Morgan fingerprint density at radius 2 is 1.86 bits per heavy atom. The van der Waals surface area contributed by atoms with Crippen molar-refractivity contribution in [3.8, 4) is 0 Å². The first kappa shape index (κ1) is 24.8. The van der Waals surface area contributed by atoms with Crippen molar-refractivity contribution < 1.29 is 0 Å². The van der Waals surface area contributed by atoms with Gasteiger partial charge in [0, 0.05) is 18.7 Å². The van der Waals surface area contributed by atoms with Gasteiger partial charge in [-0.3, -0.25) is 9.69 Å². The number of pyridine rings is 1. The fourth-order valence-electron chi connectivity index (χ4n) is 4.73. The fraction of sp³-hybridized carbons (Fsp3) is 0.429. The number of rotatable bonds is 8. The molecule has 0 radical (unpaired) electrons. The zero-order valence-electron chi connectivity index (χ0n) is 21.7. The molecule has 1 atom stereocenters. The lowest BCUT2D eigenvalue weighted by atomic mass is 10.0. The van der Waals surface area contributed by atoms with Gasteiger partial charge in [0.1, 0.15) is 0 Å². The summed E-state index contributed by atoms with van der Waals surface area (Å²) in [6, 6.07) is 16.7. The largest absolute Gasteiger partial charge is 0.321 e. The minimum Gasteiger partial charge on any atom is -0.321 e. The van der Waals surface area contributed by atoms with Gasteiger partial charge < -0.3 is 4.98 Å². The quantitative estimate of drug-likeness (QED) is 0.387. The lowest BCUT2D eigenvalue weighted by Gasteiger charge is -2.32. The monoisotopic (exact) mass is 472 g/mol. The van der Waals surface area contributed by atoms with Crippen LogP contribution in [0.4, 0.5) is 0 Å². The first-order valence-electron chi connectivity index (χ1n) is 12.4. The SMILES string of the molecule is CC[C@H](c1nnnn1C(C)(C)C)N(CCc1cccc(C)c1)Cc1cc2cccc(C)c2[nH]c1=O. The maximum absolute atomic E-state index is 13.1. The highest BCUT2D eigenvalue weighted by Gasteiger charge is 2.29. The highest BCUT2D eigenvalue weighted by Crippen LogP contribution is 2.28. The molecule has 0 aliphatic rings. The first-order chi connectivity index (χ1) is 16.7. The number of tetrazole rings is 1. The molecule has 2 aromatic carbocycles. The zero-order valence-corrected chi connectivity index (χ0v) is 21.7. The van der Waals surface area contributed by atoms with Gasteiger partial charge in [-0.05, 0) is 80.5 Å². The van der Waals surface area contributed by atoms with Crippen LogP contribution in [0.5, 0.6) is 0 Å². The van der Waals surface area contributed by atoms with Gasteiger partial charge in [0.25, 0.3) is 5.56 Å². The molecule has 184 valence electrons. The average molecular weight is 473 g/mol. The summed E-state index contributed by atoms with van der Waals surface area (Å²) < 4.78 is 1.91. The number of para-hydroxylation sites is 1. The van der Waals surface area contributed by atoms with E-state index in [9.17, 15) is 4.79 Å². The van der Waals surface area contributed by atoms with E-state index in [4.69, 9.17) is 0 Å². The predicted molar refractivity (Wildman–Crippen MR) is 140 cm³/mol. The molecule has 0 aliphatic heterocycles. The number of H-pyrrole nitrogens is 1. The molecule has 4 rings (SSSR count). The van der Waals surface area contributed by atoms with Crippen LogP contribution in [0, 0.1) is 13.8 Å². The predicted octanol–water partition coefficient (Wildman–Crippen LogP) is 5.08. The maximum Gasteiger partial charge on any atom is 0.252 e. The van der Waals surface area contributed by atoms with Crippen LogP contribution in [0.1, 0.15) is 68.2 Å². The molecule has 35 heavy (non-hydrogen) atoms. The maximum atomic E-state index is 13.1.